The second-order valence-corrected chi connectivity index (χ2v) is 11.1. The number of rotatable bonds is 5. The van der Waals surface area contributed by atoms with Crippen molar-refractivity contribution in [1.82, 2.24) is 0 Å². The largest absolute Gasteiger partial charge is 0.384 e. The summed E-state index contributed by atoms with van der Waals surface area (Å²) in [5.41, 5.74) is -5.75. The Balaban J connectivity index is 6.08. The fourth-order valence-corrected chi connectivity index (χ4v) is 2.30. The summed E-state index contributed by atoms with van der Waals surface area (Å²) in [6, 6.07) is 0. The predicted octanol–water partition coefficient (Wildman–Crippen LogP) is 5.17. The fourth-order valence-electron chi connectivity index (χ4n) is 1.04. The van der Waals surface area contributed by atoms with Crippen molar-refractivity contribution in [2.75, 3.05) is 0 Å². The summed E-state index contributed by atoms with van der Waals surface area (Å²) in [4.78, 5) is 0. The van der Waals surface area contributed by atoms with Crippen molar-refractivity contribution in [2.45, 2.75) is 49.3 Å². The van der Waals surface area contributed by atoms with E-state index in [1.807, 2.05) is 0 Å². The van der Waals surface area contributed by atoms with Crippen LogP contribution in [0.4, 0.5) is 43.9 Å². The third kappa shape index (κ3) is 2.51. The van der Waals surface area contributed by atoms with Crippen LogP contribution in [0.15, 0.2) is 0 Å². The van der Waals surface area contributed by atoms with Crippen LogP contribution < -0.4 is 0 Å². The topological polar surface area (TPSA) is 0 Å². The average Bonchev–Trinajstić information content (AvgIpc) is 2.12. The molecule has 0 spiro atoms. The van der Waals surface area contributed by atoms with E-state index < -0.39 is 43.5 Å². The molecule has 0 aliphatic rings. The first-order valence-electron chi connectivity index (χ1n) is 4.83. The van der Waals surface area contributed by atoms with Gasteiger partial charge in [0.2, 0.25) is 7.38 Å². The second-order valence-electron chi connectivity index (χ2n) is 4.66. The summed E-state index contributed by atoms with van der Waals surface area (Å²) in [6.45, 7) is -0.194. The zero-order valence-corrected chi connectivity index (χ0v) is 11.9. The van der Waals surface area contributed by atoms with E-state index in [-0.39, 0.29) is 0 Å². The van der Waals surface area contributed by atoms with Crippen molar-refractivity contribution in [3.63, 3.8) is 0 Å². The van der Waals surface area contributed by atoms with Gasteiger partial charge in [-0.1, -0.05) is 13.1 Å². The van der Waals surface area contributed by atoms with Gasteiger partial charge in [-0.05, 0) is 0 Å². The average molecular weight is 359 g/mol. The highest BCUT2D eigenvalue weighted by Gasteiger charge is 2.87. The Morgan fingerprint density at radius 1 is 0.650 bits per heavy atom. The molecular formula is C8H9ClF10Si. The lowest BCUT2D eigenvalue weighted by molar-refractivity contribution is -0.387. The van der Waals surface area contributed by atoms with E-state index in [0.29, 0.717) is 13.1 Å². The lowest BCUT2D eigenvalue weighted by atomic mass is 9.99. The Bertz CT molecular complexity index is 330. The Labute approximate surface area is 112 Å². The molecule has 0 unspecified atom stereocenters. The van der Waals surface area contributed by atoms with Gasteiger partial charge >= 0.3 is 29.2 Å². The van der Waals surface area contributed by atoms with Crippen molar-refractivity contribution in [3.05, 3.63) is 0 Å². The minimum atomic E-state index is -7.00. The molecule has 0 aliphatic heterocycles. The molecule has 0 saturated carbocycles. The van der Waals surface area contributed by atoms with Crippen LogP contribution in [0.3, 0.4) is 0 Å². The third-order valence-electron chi connectivity index (χ3n) is 2.48. The molecule has 20 heavy (non-hydrogen) atoms. The first-order chi connectivity index (χ1) is 8.25. The highest BCUT2D eigenvalue weighted by Crippen LogP contribution is 2.58. The summed E-state index contributed by atoms with van der Waals surface area (Å²) in [5, 5.41) is 0. The van der Waals surface area contributed by atoms with Crippen LogP contribution in [-0.4, -0.2) is 36.6 Å². The van der Waals surface area contributed by atoms with Gasteiger partial charge in [-0.3, -0.25) is 0 Å². The standard InChI is InChI=1S/C8H9ClF10Si/c1-4(10,11)5(12,13)6(14,15)7(16,17)8(18,19)20(2,3)9/h1-3H3. The van der Waals surface area contributed by atoms with Gasteiger partial charge < -0.3 is 0 Å². The summed E-state index contributed by atoms with van der Waals surface area (Å²) in [7, 11) is -4.94. The molecule has 0 aromatic carbocycles. The second kappa shape index (κ2) is 4.65. The number of hydrogen-bond donors (Lipinski definition) is 0. The molecule has 0 nitrogen and oxygen atoms in total. The zero-order valence-electron chi connectivity index (χ0n) is 10.2. The number of hydrogen-bond acceptors (Lipinski definition) is 0. The van der Waals surface area contributed by atoms with Gasteiger partial charge in [-0.15, -0.1) is 0 Å². The van der Waals surface area contributed by atoms with E-state index in [4.69, 9.17) is 11.1 Å². The maximum absolute atomic E-state index is 13.2. The van der Waals surface area contributed by atoms with Crippen LogP contribution in [-0.2, 0) is 0 Å². The van der Waals surface area contributed by atoms with Crippen molar-refractivity contribution in [2.24, 2.45) is 0 Å². The van der Waals surface area contributed by atoms with Crippen LogP contribution >= 0.6 is 11.1 Å². The predicted molar refractivity (Wildman–Crippen MR) is 53.7 cm³/mol. The molecule has 0 N–H and O–H groups in total. The zero-order chi connectivity index (χ0) is 17.0. The monoisotopic (exact) mass is 358 g/mol. The Morgan fingerprint density at radius 3 is 1.15 bits per heavy atom. The minimum absolute atomic E-state index is 0.292. The van der Waals surface area contributed by atoms with Gasteiger partial charge in [0.05, 0.1) is 0 Å². The van der Waals surface area contributed by atoms with Crippen LogP contribution in [0.5, 0.6) is 0 Å². The van der Waals surface area contributed by atoms with Gasteiger partial charge in [-0.2, -0.15) is 46.2 Å². The van der Waals surface area contributed by atoms with Crippen molar-refractivity contribution >= 4 is 18.5 Å². The molecule has 0 atom stereocenters. The molecule has 0 aliphatic carbocycles. The minimum Gasteiger partial charge on any atom is -0.203 e. The molecule has 0 amide bonds. The maximum atomic E-state index is 13.2. The Morgan fingerprint density at radius 2 is 0.950 bits per heavy atom. The van der Waals surface area contributed by atoms with Crippen LogP contribution in [0.1, 0.15) is 6.92 Å². The van der Waals surface area contributed by atoms with Crippen LogP contribution in [0, 0.1) is 0 Å². The molecule has 0 radical (unpaired) electrons. The molecule has 0 rings (SSSR count). The lowest BCUT2D eigenvalue weighted by Gasteiger charge is -2.41. The molecule has 122 valence electrons. The number of alkyl halides is 10. The van der Waals surface area contributed by atoms with Crippen molar-refractivity contribution in [3.8, 4) is 0 Å². The molecule has 0 aromatic heterocycles. The van der Waals surface area contributed by atoms with E-state index in [1.54, 1.807) is 0 Å². The highest BCUT2D eigenvalue weighted by molar-refractivity contribution is 7.20. The maximum Gasteiger partial charge on any atom is 0.384 e. The van der Waals surface area contributed by atoms with Gasteiger partial charge in [0.25, 0.3) is 0 Å². The molecule has 12 heteroatoms. The highest BCUT2D eigenvalue weighted by atomic mass is 35.6. The molecule has 0 aromatic rings. The summed E-state index contributed by atoms with van der Waals surface area (Å²) < 4.78 is 129. The van der Waals surface area contributed by atoms with Crippen molar-refractivity contribution < 1.29 is 43.9 Å². The van der Waals surface area contributed by atoms with Crippen molar-refractivity contribution in [1.29, 1.82) is 0 Å². The summed E-state index contributed by atoms with van der Waals surface area (Å²) >= 11 is 4.92. The van der Waals surface area contributed by atoms with Gasteiger partial charge in [0, 0.05) is 6.92 Å². The molecular weight excluding hydrogens is 350 g/mol. The smallest absolute Gasteiger partial charge is 0.203 e. The number of halogens is 11. The SMILES string of the molecule is CC(F)(F)C(F)(F)C(F)(F)C(F)(F)C(F)(F)[Si](C)(C)Cl. The summed E-state index contributed by atoms with van der Waals surface area (Å²) in [6.07, 6.45) is 0. The first kappa shape index (κ1) is 19.8. The summed E-state index contributed by atoms with van der Waals surface area (Å²) in [5.74, 6) is -26.1. The fraction of sp³-hybridized carbons (Fsp3) is 1.00. The molecule has 0 saturated heterocycles. The normalized spacial score (nSPS) is 16.5. The molecule has 0 heterocycles. The van der Waals surface area contributed by atoms with Gasteiger partial charge in [0.1, 0.15) is 0 Å². The van der Waals surface area contributed by atoms with E-state index >= 15 is 0 Å². The van der Waals surface area contributed by atoms with E-state index in [1.165, 1.54) is 0 Å². The quantitative estimate of drug-likeness (QED) is 0.361. The Hall–Kier alpha value is -0.193. The van der Waals surface area contributed by atoms with E-state index in [2.05, 4.69) is 0 Å². The molecule has 0 fully saturated rings. The molecule has 0 bridgehead atoms. The van der Waals surface area contributed by atoms with E-state index in [0.717, 1.165) is 0 Å². The van der Waals surface area contributed by atoms with Gasteiger partial charge in [0.15, 0.2) is 0 Å². The Kier molecular flexibility index (Phi) is 4.61. The van der Waals surface area contributed by atoms with Crippen LogP contribution in [0.25, 0.3) is 0 Å². The first-order valence-corrected chi connectivity index (χ1v) is 8.84. The lowest BCUT2D eigenvalue weighted by Crippen LogP contribution is -2.71. The van der Waals surface area contributed by atoms with E-state index in [9.17, 15) is 43.9 Å². The van der Waals surface area contributed by atoms with Crippen LogP contribution in [0.2, 0.25) is 13.1 Å². The van der Waals surface area contributed by atoms with Gasteiger partial charge in [-0.25, -0.2) is 8.78 Å². The third-order valence-corrected chi connectivity index (χ3v) is 5.00.